The molecule has 0 saturated carbocycles. The summed E-state index contributed by atoms with van der Waals surface area (Å²) < 4.78 is 5.49. The van der Waals surface area contributed by atoms with Gasteiger partial charge in [0.2, 0.25) is 5.91 Å². The van der Waals surface area contributed by atoms with Crippen molar-refractivity contribution in [3.05, 3.63) is 65.4 Å². The van der Waals surface area contributed by atoms with E-state index in [1.165, 1.54) is 0 Å². The Balaban J connectivity index is 1.36. The van der Waals surface area contributed by atoms with Gasteiger partial charge in [-0.25, -0.2) is 0 Å². The van der Waals surface area contributed by atoms with Crippen LogP contribution >= 0.6 is 0 Å². The number of methoxy groups -OCH3 is 1. The summed E-state index contributed by atoms with van der Waals surface area (Å²) in [5, 5.41) is 4.27. The van der Waals surface area contributed by atoms with Gasteiger partial charge in [-0.1, -0.05) is 30.3 Å². The number of benzene rings is 2. The Morgan fingerprint density at radius 3 is 2.77 bits per heavy atom. The normalized spacial score (nSPS) is 16.1. The summed E-state index contributed by atoms with van der Waals surface area (Å²) in [6.45, 7) is 6.68. The zero-order chi connectivity index (χ0) is 21.1. The van der Waals surface area contributed by atoms with Crippen LogP contribution in [0, 0.1) is 19.8 Å². The minimum Gasteiger partial charge on any atom is -0.495 e. The molecule has 4 rings (SSSR count). The number of pyridine rings is 1. The van der Waals surface area contributed by atoms with Crippen molar-refractivity contribution in [2.75, 3.05) is 31.6 Å². The number of nitrogens with one attached hydrogen (secondary N) is 1. The van der Waals surface area contributed by atoms with Gasteiger partial charge < -0.3 is 15.0 Å². The number of ether oxygens (including phenoxy) is 1. The largest absolute Gasteiger partial charge is 0.495 e. The highest BCUT2D eigenvalue weighted by Gasteiger charge is 2.25. The first kappa shape index (κ1) is 20.2. The number of para-hydroxylation sites is 3. The average molecular weight is 404 g/mol. The van der Waals surface area contributed by atoms with Crippen LogP contribution in [-0.2, 0) is 11.2 Å². The summed E-state index contributed by atoms with van der Waals surface area (Å²) in [7, 11) is 1.71. The molecule has 2 aromatic carbocycles. The first-order valence-electron chi connectivity index (χ1n) is 10.6. The van der Waals surface area contributed by atoms with Gasteiger partial charge in [0.1, 0.15) is 5.75 Å². The number of carbonyl (C=O) groups is 1. The van der Waals surface area contributed by atoms with Gasteiger partial charge in [-0.3, -0.25) is 9.78 Å². The average Bonchev–Trinajstić information content (AvgIpc) is 3.24. The molecule has 0 radical (unpaired) electrons. The van der Waals surface area contributed by atoms with E-state index in [2.05, 4.69) is 34.3 Å². The zero-order valence-electron chi connectivity index (χ0n) is 17.9. The maximum Gasteiger partial charge on any atom is 0.224 e. The molecular formula is C25H29N3O2. The fourth-order valence-electron chi connectivity index (χ4n) is 4.42. The summed E-state index contributed by atoms with van der Waals surface area (Å²) >= 11 is 0. The van der Waals surface area contributed by atoms with E-state index in [1.807, 2.05) is 43.3 Å². The molecule has 0 aliphatic carbocycles. The SMILES string of the molecule is COc1ccccc1N1CC[C@@H](CNC(=O)Cc2c(C)nc3ccccc3c2C)C1. The molecule has 2 heterocycles. The molecule has 1 atom stereocenters. The van der Waals surface area contributed by atoms with Crippen LogP contribution < -0.4 is 15.0 Å². The van der Waals surface area contributed by atoms with Crippen molar-refractivity contribution in [2.24, 2.45) is 5.92 Å². The Bertz CT molecular complexity index is 1060. The van der Waals surface area contributed by atoms with Gasteiger partial charge in [-0.05, 0) is 55.5 Å². The van der Waals surface area contributed by atoms with E-state index < -0.39 is 0 Å². The Morgan fingerprint density at radius 2 is 1.93 bits per heavy atom. The lowest BCUT2D eigenvalue weighted by atomic mass is 9.99. The van der Waals surface area contributed by atoms with Crippen LogP contribution in [0.25, 0.3) is 10.9 Å². The van der Waals surface area contributed by atoms with Crippen molar-refractivity contribution >= 4 is 22.5 Å². The minimum absolute atomic E-state index is 0.0639. The van der Waals surface area contributed by atoms with Crippen molar-refractivity contribution in [1.29, 1.82) is 0 Å². The van der Waals surface area contributed by atoms with E-state index in [4.69, 9.17) is 4.74 Å². The van der Waals surface area contributed by atoms with E-state index in [-0.39, 0.29) is 5.91 Å². The topological polar surface area (TPSA) is 54.5 Å². The quantitative estimate of drug-likeness (QED) is 0.675. The Labute approximate surface area is 178 Å². The Morgan fingerprint density at radius 1 is 1.17 bits per heavy atom. The second-order valence-electron chi connectivity index (χ2n) is 8.07. The number of fused-ring (bicyclic) bond motifs is 1. The molecule has 1 fully saturated rings. The maximum atomic E-state index is 12.7. The lowest BCUT2D eigenvalue weighted by molar-refractivity contribution is -0.120. The summed E-state index contributed by atoms with van der Waals surface area (Å²) in [6, 6.07) is 16.2. The van der Waals surface area contributed by atoms with Crippen molar-refractivity contribution < 1.29 is 9.53 Å². The second kappa shape index (κ2) is 8.74. The monoisotopic (exact) mass is 403 g/mol. The minimum atomic E-state index is 0.0639. The highest BCUT2D eigenvalue weighted by atomic mass is 16.5. The third-order valence-electron chi connectivity index (χ3n) is 6.12. The predicted molar refractivity (Wildman–Crippen MR) is 121 cm³/mol. The lowest BCUT2D eigenvalue weighted by Gasteiger charge is -2.21. The number of carbonyl (C=O) groups excluding carboxylic acids is 1. The van der Waals surface area contributed by atoms with Crippen molar-refractivity contribution in [3.63, 3.8) is 0 Å². The van der Waals surface area contributed by atoms with E-state index >= 15 is 0 Å². The molecule has 1 saturated heterocycles. The van der Waals surface area contributed by atoms with Gasteiger partial charge in [-0.15, -0.1) is 0 Å². The fourth-order valence-corrected chi connectivity index (χ4v) is 4.42. The maximum absolute atomic E-state index is 12.7. The highest BCUT2D eigenvalue weighted by Crippen LogP contribution is 2.31. The number of aryl methyl sites for hydroxylation is 2. The Hall–Kier alpha value is -3.08. The van der Waals surface area contributed by atoms with Crippen LogP contribution in [0.2, 0.25) is 0 Å². The number of nitrogens with zero attached hydrogens (tertiary/aromatic N) is 2. The lowest BCUT2D eigenvalue weighted by Crippen LogP contribution is -2.32. The highest BCUT2D eigenvalue weighted by molar-refractivity contribution is 5.86. The molecule has 0 unspecified atom stereocenters. The molecule has 3 aromatic rings. The second-order valence-corrected chi connectivity index (χ2v) is 8.07. The predicted octanol–water partition coefficient (Wildman–Crippen LogP) is 4.05. The van der Waals surface area contributed by atoms with E-state index in [1.54, 1.807) is 7.11 Å². The molecule has 156 valence electrons. The van der Waals surface area contributed by atoms with Gasteiger partial charge in [0, 0.05) is 30.7 Å². The summed E-state index contributed by atoms with van der Waals surface area (Å²) in [5.74, 6) is 1.40. The molecule has 0 bridgehead atoms. The Kier molecular flexibility index (Phi) is 5.88. The molecule has 1 aliphatic rings. The van der Waals surface area contributed by atoms with Gasteiger partial charge in [0.25, 0.3) is 0 Å². The third kappa shape index (κ3) is 4.11. The number of aromatic nitrogens is 1. The van der Waals surface area contributed by atoms with E-state index in [0.29, 0.717) is 18.9 Å². The number of amides is 1. The van der Waals surface area contributed by atoms with Crippen molar-refractivity contribution in [3.8, 4) is 5.75 Å². The fraction of sp³-hybridized carbons (Fsp3) is 0.360. The molecule has 30 heavy (non-hydrogen) atoms. The summed E-state index contributed by atoms with van der Waals surface area (Å²) in [5.41, 5.74) is 5.23. The molecule has 1 aromatic heterocycles. The molecule has 5 heteroatoms. The first-order valence-corrected chi connectivity index (χ1v) is 10.6. The molecule has 0 spiro atoms. The van der Waals surface area contributed by atoms with Crippen LogP contribution in [0.1, 0.15) is 23.2 Å². The first-order chi connectivity index (χ1) is 14.6. The van der Waals surface area contributed by atoms with Crippen LogP contribution in [-0.4, -0.2) is 37.6 Å². The molecule has 1 amide bonds. The summed E-state index contributed by atoms with van der Waals surface area (Å²) in [4.78, 5) is 19.7. The van der Waals surface area contributed by atoms with E-state index in [0.717, 1.165) is 58.7 Å². The van der Waals surface area contributed by atoms with Crippen LogP contribution in [0.5, 0.6) is 5.75 Å². The molecule has 1 aliphatic heterocycles. The van der Waals surface area contributed by atoms with Gasteiger partial charge in [0.05, 0.1) is 24.7 Å². The number of rotatable bonds is 6. The van der Waals surface area contributed by atoms with Gasteiger partial charge >= 0.3 is 0 Å². The van der Waals surface area contributed by atoms with E-state index in [9.17, 15) is 4.79 Å². The standard InChI is InChI=1S/C25H29N3O2/c1-17-20-8-4-5-9-22(20)27-18(2)21(17)14-25(29)26-15-19-12-13-28(16-19)23-10-6-7-11-24(23)30-3/h4-11,19H,12-16H2,1-3H3,(H,26,29)/t19-/m0/s1. The van der Waals surface area contributed by atoms with Gasteiger partial charge in [-0.2, -0.15) is 0 Å². The zero-order valence-corrected chi connectivity index (χ0v) is 17.9. The van der Waals surface area contributed by atoms with Crippen LogP contribution in [0.15, 0.2) is 48.5 Å². The summed E-state index contributed by atoms with van der Waals surface area (Å²) in [6.07, 6.45) is 1.44. The molecule has 5 nitrogen and oxygen atoms in total. The van der Waals surface area contributed by atoms with Crippen molar-refractivity contribution in [1.82, 2.24) is 10.3 Å². The molecular weight excluding hydrogens is 374 g/mol. The van der Waals surface area contributed by atoms with Gasteiger partial charge in [0.15, 0.2) is 0 Å². The van der Waals surface area contributed by atoms with Crippen LogP contribution in [0.3, 0.4) is 0 Å². The third-order valence-corrected chi connectivity index (χ3v) is 6.12. The smallest absolute Gasteiger partial charge is 0.224 e. The number of anilines is 1. The van der Waals surface area contributed by atoms with Crippen LogP contribution in [0.4, 0.5) is 5.69 Å². The van der Waals surface area contributed by atoms with Crippen molar-refractivity contribution in [2.45, 2.75) is 26.7 Å². The number of hydrogen-bond acceptors (Lipinski definition) is 4. The molecule has 1 N–H and O–H groups in total. The number of hydrogen-bond donors (Lipinski definition) is 1.